The first-order chi connectivity index (χ1) is 8.65. The van der Waals surface area contributed by atoms with Gasteiger partial charge in [-0.1, -0.05) is 23.8 Å². The van der Waals surface area contributed by atoms with Gasteiger partial charge in [0.05, 0.1) is 5.71 Å². The van der Waals surface area contributed by atoms with Crippen molar-refractivity contribution < 1.29 is 0 Å². The average molecular weight is 259 g/mol. The lowest BCUT2D eigenvalue weighted by Crippen LogP contribution is -2.25. The predicted molar refractivity (Wildman–Crippen MR) is 81.0 cm³/mol. The summed E-state index contributed by atoms with van der Waals surface area (Å²) in [6.45, 7) is 4.16. The number of hydrogen-bond acceptors (Lipinski definition) is 2. The number of allylic oxidation sites excluding steroid dienone is 2. The molecule has 2 N–H and O–H groups in total. The minimum atomic E-state index is 0.523. The molecule has 0 aliphatic heterocycles. The third kappa shape index (κ3) is 3.40. The van der Waals surface area contributed by atoms with Crippen LogP contribution in [-0.4, -0.2) is 10.8 Å². The number of nitrogens with zero attached hydrogens (tertiary/aromatic N) is 1. The van der Waals surface area contributed by atoms with Crippen molar-refractivity contribution in [2.75, 3.05) is 5.32 Å². The van der Waals surface area contributed by atoms with Crippen molar-refractivity contribution in [1.82, 2.24) is 5.43 Å². The Balaban J connectivity index is 1.92. The highest BCUT2D eigenvalue weighted by Crippen LogP contribution is 2.15. The minimum absolute atomic E-state index is 0.523. The molecule has 1 aliphatic carbocycles. The fourth-order valence-corrected chi connectivity index (χ4v) is 1.98. The van der Waals surface area contributed by atoms with Gasteiger partial charge < -0.3 is 5.32 Å². The van der Waals surface area contributed by atoms with E-state index in [0.29, 0.717) is 5.11 Å². The molecule has 1 aromatic carbocycles. The molecule has 0 fully saturated rings. The van der Waals surface area contributed by atoms with Gasteiger partial charge >= 0.3 is 0 Å². The van der Waals surface area contributed by atoms with E-state index in [1.165, 1.54) is 5.57 Å². The summed E-state index contributed by atoms with van der Waals surface area (Å²) in [5.74, 6) is 0. The Labute approximate surface area is 113 Å². The summed E-state index contributed by atoms with van der Waals surface area (Å²) >= 11 is 5.21. The second-order valence-corrected chi connectivity index (χ2v) is 4.88. The molecule has 4 heteroatoms. The van der Waals surface area contributed by atoms with Gasteiger partial charge in [-0.05, 0) is 56.6 Å². The Morgan fingerprint density at radius 3 is 2.67 bits per heavy atom. The molecule has 0 amide bonds. The number of para-hydroxylation sites is 1. The van der Waals surface area contributed by atoms with E-state index in [9.17, 15) is 0 Å². The Morgan fingerprint density at radius 2 is 2.00 bits per heavy atom. The van der Waals surface area contributed by atoms with Crippen LogP contribution >= 0.6 is 12.2 Å². The summed E-state index contributed by atoms with van der Waals surface area (Å²) < 4.78 is 0. The zero-order valence-corrected chi connectivity index (χ0v) is 11.5. The predicted octanol–water partition coefficient (Wildman–Crippen LogP) is 3.38. The Morgan fingerprint density at radius 1 is 1.22 bits per heavy atom. The van der Waals surface area contributed by atoms with Crippen molar-refractivity contribution in [2.24, 2.45) is 5.10 Å². The van der Waals surface area contributed by atoms with Crippen LogP contribution in [0, 0.1) is 6.92 Å². The third-order valence-corrected chi connectivity index (χ3v) is 3.08. The van der Waals surface area contributed by atoms with E-state index < -0.39 is 0 Å². The Kier molecular flexibility index (Phi) is 4.10. The van der Waals surface area contributed by atoms with E-state index in [0.717, 1.165) is 29.8 Å². The van der Waals surface area contributed by atoms with Crippen LogP contribution in [-0.2, 0) is 0 Å². The topological polar surface area (TPSA) is 36.4 Å². The van der Waals surface area contributed by atoms with E-state index in [4.69, 9.17) is 12.2 Å². The largest absolute Gasteiger partial charge is 0.331 e. The molecule has 1 aromatic rings. The number of rotatable bonds is 2. The van der Waals surface area contributed by atoms with Crippen LogP contribution in [0.4, 0.5) is 5.69 Å². The van der Waals surface area contributed by atoms with Crippen LogP contribution in [0.2, 0.25) is 0 Å². The molecule has 0 aromatic heterocycles. The number of thiocarbonyl (C=S) groups is 1. The summed E-state index contributed by atoms with van der Waals surface area (Å²) in [6.07, 6.45) is 4.19. The molecule has 0 radical (unpaired) electrons. The Hall–Kier alpha value is -1.68. The van der Waals surface area contributed by atoms with Crippen molar-refractivity contribution in [2.45, 2.75) is 26.7 Å². The van der Waals surface area contributed by atoms with Crippen LogP contribution in [0.25, 0.3) is 0 Å². The maximum absolute atomic E-state index is 5.21. The highest BCUT2D eigenvalue weighted by atomic mass is 32.1. The molecule has 0 saturated carbocycles. The van der Waals surface area contributed by atoms with Gasteiger partial charge in [-0.2, -0.15) is 5.10 Å². The lowest BCUT2D eigenvalue weighted by Gasteiger charge is -2.09. The normalized spacial score (nSPS) is 16.6. The SMILES string of the molecule is CC1=CC(=NNC(=S)Nc2ccccc2C)CC1. The fraction of sp³-hybridized carbons (Fsp3) is 0.286. The lowest BCUT2D eigenvalue weighted by molar-refractivity contribution is 1.00. The lowest BCUT2D eigenvalue weighted by atomic mass is 10.2. The van der Waals surface area contributed by atoms with Crippen molar-refractivity contribution in [3.63, 3.8) is 0 Å². The van der Waals surface area contributed by atoms with Gasteiger partial charge in [0.1, 0.15) is 0 Å². The van der Waals surface area contributed by atoms with Gasteiger partial charge in [-0.15, -0.1) is 0 Å². The molecule has 1 aliphatic rings. The molecule has 18 heavy (non-hydrogen) atoms. The molecular weight excluding hydrogens is 242 g/mol. The summed E-state index contributed by atoms with van der Waals surface area (Å²) in [5.41, 5.74) is 7.48. The highest BCUT2D eigenvalue weighted by molar-refractivity contribution is 7.80. The molecule has 3 nitrogen and oxygen atoms in total. The number of nitrogens with one attached hydrogen (secondary N) is 2. The molecule has 0 unspecified atom stereocenters. The maximum Gasteiger partial charge on any atom is 0.191 e. The van der Waals surface area contributed by atoms with Crippen molar-refractivity contribution in [3.8, 4) is 0 Å². The van der Waals surface area contributed by atoms with Gasteiger partial charge in [0.15, 0.2) is 5.11 Å². The number of benzene rings is 1. The van der Waals surface area contributed by atoms with Crippen molar-refractivity contribution in [3.05, 3.63) is 41.5 Å². The zero-order valence-electron chi connectivity index (χ0n) is 10.7. The second kappa shape index (κ2) is 5.78. The molecule has 0 heterocycles. The third-order valence-electron chi connectivity index (χ3n) is 2.88. The second-order valence-electron chi connectivity index (χ2n) is 4.47. The maximum atomic E-state index is 5.21. The first-order valence-corrected chi connectivity index (χ1v) is 6.42. The van der Waals surface area contributed by atoms with E-state index in [2.05, 4.69) is 28.8 Å². The van der Waals surface area contributed by atoms with Crippen LogP contribution < -0.4 is 10.7 Å². The molecule has 2 rings (SSSR count). The van der Waals surface area contributed by atoms with Gasteiger partial charge in [0.2, 0.25) is 0 Å². The van der Waals surface area contributed by atoms with Gasteiger partial charge in [-0.3, -0.25) is 5.43 Å². The standard InChI is InChI=1S/C14H17N3S/c1-10-7-8-12(9-10)16-17-14(18)15-13-6-4-3-5-11(13)2/h3-6,9H,7-8H2,1-2H3,(H2,15,17,18). The van der Waals surface area contributed by atoms with E-state index >= 15 is 0 Å². The number of hydrazone groups is 1. The summed E-state index contributed by atoms with van der Waals surface area (Å²) in [4.78, 5) is 0. The van der Waals surface area contributed by atoms with Crippen molar-refractivity contribution in [1.29, 1.82) is 0 Å². The Bertz CT molecular complexity index is 518. The smallest absolute Gasteiger partial charge is 0.191 e. The summed E-state index contributed by atoms with van der Waals surface area (Å²) in [7, 11) is 0. The summed E-state index contributed by atoms with van der Waals surface area (Å²) in [6, 6.07) is 8.02. The van der Waals surface area contributed by atoms with Crippen molar-refractivity contribution >= 4 is 28.7 Å². The number of anilines is 1. The van der Waals surface area contributed by atoms with Crippen LogP contribution in [0.5, 0.6) is 0 Å². The molecule has 0 bridgehead atoms. The van der Waals surface area contributed by atoms with E-state index in [1.807, 2.05) is 31.2 Å². The molecular formula is C14H17N3S. The first kappa shape index (κ1) is 12.8. The fourth-order valence-electron chi connectivity index (χ4n) is 1.83. The minimum Gasteiger partial charge on any atom is -0.331 e. The van der Waals surface area contributed by atoms with Crippen LogP contribution in [0.1, 0.15) is 25.3 Å². The molecule has 94 valence electrons. The zero-order chi connectivity index (χ0) is 13.0. The van der Waals surface area contributed by atoms with Gasteiger partial charge in [0.25, 0.3) is 0 Å². The number of aryl methyl sites for hydroxylation is 1. The monoisotopic (exact) mass is 259 g/mol. The van der Waals surface area contributed by atoms with Gasteiger partial charge in [-0.25, -0.2) is 0 Å². The first-order valence-electron chi connectivity index (χ1n) is 6.01. The summed E-state index contributed by atoms with van der Waals surface area (Å²) in [5, 5.41) is 7.95. The quantitative estimate of drug-likeness (QED) is 0.631. The van der Waals surface area contributed by atoms with E-state index in [-0.39, 0.29) is 0 Å². The average Bonchev–Trinajstić information content (AvgIpc) is 2.76. The van der Waals surface area contributed by atoms with Crippen LogP contribution in [0.15, 0.2) is 41.0 Å². The van der Waals surface area contributed by atoms with Crippen LogP contribution in [0.3, 0.4) is 0 Å². The number of hydrogen-bond donors (Lipinski definition) is 2. The molecule has 0 atom stereocenters. The van der Waals surface area contributed by atoms with Gasteiger partial charge in [0, 0.05) is 5.69 Å². The molecule has 0 spiro atoms. The molecule has 0 saturated heterocycles. The van der Waals surface area contributed by atoms with E-state index in [1.54, 1.807) is 0 Å². The highest BCUT2D eigenvalue weighted by Gasteiger charge is 2.06.